The number of guanidine groups is 1. The summed E-state index contributed by atoms with van der Waals surface area (Å²) >= 11 is 0. The molecule has 0 aliphatic heterocycles. The summed E-state index contributed by atoms with van der Waals surface area (Å²) in [6.45, 7) is 8.92. The smallest absolute Gasteiger partial charge is 0.191 e. The van der Waals surface area contributed by atoms with Gasteiger partial charge in [-0.25, -0.2) is 4.99 Å². The number of aryl methyl sites for hydroxylation is 1. The maximum absolute atomic E-state index is 5.49. The minimum absolute atomic E-state index is 0. The molecule has 0 spiro atoms. The predicted molar refractivity (Wildman–Crippen MR) is 129 cm³/mol. The van der Waals surface area contributed by atoms with Gasteiger partial charge in [0, 0.05) is 37.6 Å². The molecule has 2 rings (SSSR count). The zero-order chi connectivity index (χ0) is 20.2. The van der Waals surface area contributed by atoms with Crippen molar-refractivity contribution in [3.05, 3.63) is 54.4 Å². The highest BCUT2D eigenvalue weighted by Crippen LogP contribution is 2.33. The Kier molecular flexibility index (Phi) is 11.9. The number of hydrogen-bond donors (Lipinski definition) is 2. The van der Waals surface area contributed by atoms with Crippen molar-refractivity contribution in [3.63, 3.8) is 0 Å². The standard InChI is InChI=1S/C21H31N5O2.HI/c1-5-9-18-14-17(15-19(27-3)20(18)28-4)16-24-21(22-6-2)23-10-7-12-26-13-8-11-25-26;/h5,8,11,13-15H,1,6-7,9-10,12,16H2,2-4H3,(H2,22,23,24);1H. The van der Waals surface area contributed by atoms with Gasteiger partial charge in [0.2, 0.25) is 0 Å². The number of halogens is 1. The van der Waals surface area contributed by atoms with Gasteiger partial charge in [-0.15, -0.1) is 30.6 Å². The molecule has 0 aliphatic rings. The Bertz CT molecular complexity index is 763. The number of allylic oxidation sites excluding steroid dienone is 1. The number of methoxy groups -OCH3 is 2. The topological polar surface area (TPSA) is 72.7 Å². The van der Waals surface area contributed by atoms with Crippen molar-refractivity contribution in [2.75, 3.05) is 27.3 Å². The maximum Gasteiger partial charge on any atom is 0.191 e. The van der Waals surface area contributed by atoms with Gasteiger partial charge in [-0.05, 0) is 43.5 Å². The number of benzene rings is 1. The first-order valence-corrected chi connectivity index (χ1v) is 9.56. The molecular formula is C21H32IN5O2. The Hall–Kier alpha value is -2.23. The Morgan fingerprint density at radius 3 is 2.72 bits per heavy atom. The van der Waals surface area contributed by atoms with Gasteiger partial charge in [0.05, 0.1) is 20.8 Å². The van der Waals surface area contributed by atoms with Crippen LogP contribution in [0.4, 0.5) is 0 Å². The van der Waals surface area contributed by atoms with Crippen LogP contribution in [0.15, 0.2) is 48.2 Å². The Balaban J connectivity index is 0.00000420. The van der Waals surface area contributed by atoms with Crippen molar-refractivity contribution in [3.8, 4) is 11.5 Å². The molecule has 0 radical (unpaired) electrons. The molecule has 1 heterocycles. The van der Waals surface area contributed by atoms with E-state index in [1.54, 1.807) is 20.4 Å². The number of hydrogen-bond acceptors (Lipinski definition) is 4. The van der Waals surface area contributed by atoms with Crippen LogP contribution >= 0.6 is 24.0 Å². The van der Waals surface area contributed by atoms with Crippen LogP contribution in [-0.2, 0) is 19.5 Å². The lowest BCUT2D eigenvalue weighted by Crippen LogP contribution is -2.38. The van der Waals surface area contributed by atoms with E-state index in [9.17, 15) is 0 Å². The first-order chi connectivity index (χ1) is 13.7. The van der Waals surface area contributed by atoms with E-state index in [-0.39, 0.29) is 24.0 Å². The molecule has 160 valence electrons. The minimum Gasteiger partial charge on any atom is -0.493 e. The zero-order valence-electron chi connectivity index (χ0n) is 17.5. The quantitative estimate of drug-likeness (QED) is 0.159. The highest BCUT2D eigenvalue weighted by Gasteiger charge is 2.11. The van der Waals surface area contributed by atoms with Crippen molar-refractivity contribution >= 4 is 29.9 Å². The van der Waals surface area contributed by atoms with Crippen LogP contribution in [-0.4, -0.2) is 43.0 Å². The largest absolute Gasteiger partial charge is 0.493 e. The molecule has 0 bridgehead atoms. The van der Waals surface area contributed by atoms with Crippen LogP contribution in [0.3, 0.4) is 0 Å². The molecule has 2 aromatic rings. The molecule has 1 aromatic carbocycles. The van der Waals surface area contributed by atoms with Crippen LogP contribution in [0, 0.1) is 0 Å². The van der Waals surface area contributed by atoms with Gasteiger partial charge in [-0.3, -0.25) is 4.68 Å². The Labute approximate surface area is 190 Å². The van der Waals surface area contributed by atoms with Gasteiger partial charge in [0.1, 0.15) is 0 Å². The number of aliphatic imine (C=N–C) groups is 1. The van der Waals surface area contributed by atoms with Gasteiger partial charge in [-0.1, -0.05) is 6.08 Å². The fourth-order valence-electron chi connectivity index (χ4n) is 2.90. The van der Waals surface area contributed by atoms with E-state index in [1.807, 2.05) is 29.1 Å². The Morgan fingerprint density at radius 1 is 1.28 bits per heavy atom. The first-order valence-electron chi connectivity index (χ1n) is 9.56. The van der Waals surface area contributed by atoms with Gasteiger partial charge >= 0.3 is 0 Å². The van der Waals surface area contributed by atoms with E-state index in [0.29, 0.717) is 18.7 Å². The number of nitrogens with zero attached hydrogens (tertiary/aromatic N) is 3. The summed E-state index contributed by atoms with van der Waals surface area (Å²) in [6.07, 6.45) is 7.30. The number of aromatic nitrogens is 2. The van der Waals surface area contributed by atoms with Crippen molar-refractivity contribution in [1.29, 1.82) is 0 Å². The van der Waals surface area contributed by atoms with Crippen LogP contribution in [0.5, 0.6) is 11.5 Å². The van der Waals surface area contributed by atoms with Crippen LogP contribution in [0.2, 0.25) is 0 Å². The average Bonchev–Trinajstić information content (AvgIpc) is 3.22. The fourth-order valence-corrected chi connectivity index (χ4v) is 2.90. The highest BCUT2D eigenvalue weighted by molar-refractivity contribution is 14.0. The predicted octanol–water partition coefficient (Wildman–Crippen LogP) is 3.39. The van der Waals surface area contributed by atoms with E-state index in [1.165, 1.54) is 0 Å². The summed E-state index contributed by atoms with van der Waals surface area (Å²) in [5.74, 6) is 2.26. The van der Waals surface area contributed by atoms with Crippen LogP contribution < -0.4 is 20.1 Å². The second kappa shape index (κ2) is 13.9. The molecule has 0 atom stereocenters. The summed E-state index contributed by atoms with van der Waals surface area (Å²) in [5, 5.41) is 10.9. The number of ether oxygens (including phenoxy) is 2. The summed E-state index contributed by atoms with van der Waals surface area (Å²) in [7, 11) is 3.30. The molecule has 8 heteroatoms. The van der Waals surface area contributed by atoms with E-state index < -0.39 is 0 Å². The molecule has 0 amide bonds. The average molecular weight is 513 g/mol. The highest BCUT2D eigenvalue weighted by atomic mass is 127. The van der Waals surface area contributed by atoms with Gasteiger partial charge in [0.25, 0.3) is 0 Å². The van der Waals surface area contributed by atoms with Crippen molar-refractivity contribution in [1.82, 2.24) is 20.4 Å². The van der Waals surface area contributed by atoms with Crippen molar-refractivity contribution in [2.24, 2.45) is 4.99 Å². The molecule has 1 aromatic heterocycles. The normalized spacial score (nSPS) is 10.8. The molecule has 0 saturated heterocycles. The summed E-state index contributed by atoms with van der Waals surface area (Å²) in [5.41, 5.74) is 2.10. The second-order valence-corrected chi connectivity index (χ2v) is 6.23. The molecule has 7 nitrogen and oxygen atoms in total. The molecular weight excluding hydrogens is 481 g/mol. The molecule has 0 saturated carbocycles. The molecule has 0 fully saturated rings. The van der Waals surface area contributed by atoms with E-state index >= 15 is 0 Å². The number of rotatable bonds is 11. The summed E-state index contributed by atoms with van der Waals surface area (Å²) < 4.78 is 12.9. The molecule has 29 heavy (non-hydrogen) atoms. The third-order valence-corrected chi connectivity index (χ3v) is 4.16. The molecule has 2 N–H and O–H groups in total. The second-order valence-electron chi connectivity index (χ2n) is 6.23. The van der Waals surface area contributed by atoms with E-state index in [0.717, 1.165) is 48.9 Å². The van der Waals surface area contributed by atoms with Crippen molar-refractivity contribution < 1.29 is 9.47 Å². The monoisotopic (exact) mass is 513 g/mol. The van der Waals surface area contributed by atoms with Gasteiger partial charge in [0.15, 0.2) is 17.5 Å². The molecule has 0 aliphatic carbocycles. The SMILES string of the molecule is C=CCc1cc(CN=C(NCC)NCCCn2cccn2)cc(OC)c1OC.I. The lowest BCUT2D eigenvalue weighted by Gasteiger charge is -2.15. The van der Waals surface area contributed by atoms with Crippen LogP contribution in [0.25, 0.3) is 0 Å². The van der Waals surface area contributed by atoms with Crippen molar-refractivity contribution in [2.45, 2.75) is 32.9 Å². The summed E-state index contributed by atoms with van der Waals surface area (Å²) in [6, 6.07) is 5.99. The van der Waals surface area contributed by atoms with E-state index in [2.05, 4.69) is 35.3 Å². The zero-order valence-corrected chi connectivity index (χ0v) is 19.8. The minimum atomic E-state index is 0. The third-order valence-electron chi connectivity index (χ3n) is 4.16. The Morgan fingerprint density at radius 2 is 2.10 bits per heavy atom. The lowest BCUT2D eigenvalue weighted by atomic mass is 10.1. The molecule has 0 unspecified atom stereocenters. The van der Waals surface area contributed by atoms with Gasteiger partial charge in [-0.2, -0.15) is 5.10 Å². The first kappa shape index (κ1) is 24.8. The third kappa shape index (κ3) is 7.96. The lowest BCUT2D eigenvalue weighted by molar-refractivity contribution is 0.352. The van der Waals surface area contributed by atoms with Gasteiger partial charge < -0.3 is 20.1 Å². The fraction of sp³-hybridized carbons (Fsp3) is 0.429. The van der Waals surface area contributed by atoms with E-state index in [4.69, 9.17) is 14.5 Å². The van der Waals surface area contributed by atoms with Crippen LogP contribution in [0.1, 0.15) is 24.5 Å². The number of nitrogens with one attached hydrogen (secondary N) is 2. The summed E-state index contributed by atoms with van der Waals surface area (Å²) in [4.78, 5) is 4.70. The maximum atomic E-state index is 5.49.